The smallest absolute Gasteiger partial charge is 0.281 e. The summed E-state index contributed by atoms with van der Waals surface area (Å²) >= 11 is 0. The maximum absolute atomic E-state index is 12.7. The lowest BCUT2D eigenvalue weighted by Crippen LogP contribution is -2.51. The molecule has 0 bridgehead atoms. The lowest BCUT2D eigenvalue weighted by atomic mass is 9.94. The summed E-state index contributed by atoms with van der Waals surface area (Å²) in [4.78, 5) is 14.6. The number of carbonyl (C=O) groups excluding carboxylic acids is 1. The highest BCUT2D eigenvalue weighted by Gasteiger charge is 2.42. The van der Waals surface area contributed by atoms with Gasteiger partial charge in [-0.1, -0.05) is 0 Å². The Morgan fingerprint density at radius 1 is 1.04 bits per heavy atom. The predicted octanol–water partition coefficient (Wildman–Crippen LogP) is -0.130. The van der Waals surface area contributed by atoms with E-state index in [2.05, 4.69) is 0 Å². The van der Waals surface area contributed by atoms with Gasteiger partial charge in [-0.3, -0.25) is 4.79 Å². The highest BCUT2D eigenvalue weighted by molar-refractivity contribution is 7.86. The van der Waals surface area contributed by atoms with Crippen LogP contribution >= 0.6 is 0 Å². The Labute approximate surface area is 143 Å². The van der Waals surface area contributed by atoms with Crippen molar-refractivity contribution < 1.29 is 22.7 Å². The number of carbonyl (C=O) groups is 1. The minimum Gasteiger partial charge on any atom is -0.347 e. The van der Waals surface area contributed by atoms with E-state index in [1.807, 2.05) is 4.90 Å². The van der Waals surface area contributed by atoms with E-state index in [1.165, 1.54) is 22.7 Å². The molecule has 1 amide bonds. The molecule has 8 nitrogen and oxygen atoms in total. The monoisotopic (exact) mass is 361 g/mol. The first-order valence-corrected chi connectivity index (χ1v) is 9.98. The van der Waals surface area contributed by atoms with Gasteiger partial charge in [0, 0.05) is 59.0 Å². The van der Waals surface area contributed by atoms with Crippen LogP contribution in [0.1, 0.15) is 25.7 Å². The molecule has 0 aromatic carbocycles. The highest BCUT2D eigenvalue weighted by atomic mass is 32.2. The molecule has 3 heterocycles. The Hall–Kier alpha value is -0.740. The van der Waals surface area contributed by atoms with Crippen molar-refractivity contribution in [3.05, 3.63) is 0 Å². The zero-order chi connectivity index (χ0) is 17.4. The minimum atomic E-state index is -3.38. The van der Waals surface area contributed by atoms with Gasteiger partial charge in [0.1, 0.15) is 0 Å². The fourth-order valence-corrected chi connectivity index (χ4v) is 4.81. The van der Waals surface area contributed by atoms with Gasteiger partial charge in [0.25, 0.3) is 10.2 Å². The third kappa shape index (κ3) is 3.45. The lowest BCUT2D eigenvalue weighted by molar-refractivity contribution is -0.188. The molecular weight excluding hydrogens is 334 g/mol. The third-order valence-electron chi connectivity index (χ3n) is 5.24. The van der Waals surface area contributed by atoms with Crippen molar-refractivity contribution in [1.82, 2.24) is 13.5 Å². The van der Waals surface area contributed by atoms with Crippen molar-refractivity contribution in [1.29, 1.82) is 0 Å². The van der Waals surface area contributed by atoms with Gasteiger partial charge in [0.15, 0.2) is 5.79 Å². The number of rotatable bonds is 3. The van der Waals surface area contributed by atoms with E-state index in [0.29, 0.717) is 65.1 Å². The lowest BCUT2D eigenvalue weighted by Gasteiger charge is -2.40. The second-order valence-electron chi connectivity index (χ2n) is 6.90. The summed E-state index contributed by atoms with van der Waals surface area (Å²) in [5, 5.41) is 0. The number of hydrogen-bond donors (Lipinski definition) is 0. The van der Waals surface area contributed by atoms with Crippen molar-refractivity contribution >= 4 is 16.1 Å². The summed E-state index contributed by atoms with van der Waals surface area (Å²) in [6.45, 7) is 3.37. The topological polar surface area (TPSA) is 79.4 Å². The molecule has 9 heteroatoms. The van der Waals surface area contributed by atoms with Gasteiger partial charge in [0.2, 0.25) is 5.91 Å². The standard InChI is InChI=1S/C15H27N3O5S/c1-16(2)24(20,21)18-7-3-13(4-8-18)14(19)17-9-5-15(6-10-17)22-11-12-23-15/h13H,3-12H2,1-2H3. The van der Waals surface area contributed by atoms with E-state index < -0.39 is 16.0 Å². The van der Waals surface area contributed by atoms with Crippen LogP contribution in [-0.4, -0.2) is 87.1 Å². The third-order valence-corrected chi connectivity index (χ3v) is 7.18. The van der Waals surface area contributed by atoms with Gasteiger partial charge in [-0.25, -0.2) is 0 Å². The molecule has 0 N–H and O–H groups in total. The van der Waals surface area contributed by atoms with E-state index >= 15 is 0 Å². The molecule has 0 radical (unpaired) electrons. The number of hydrogen-bond acceptors (Lipinski definition) is 5. The van der Waals surface area contributed by atoms with Gasteiger partial charge < -0.3 is 14.4 Å². The summed E-state index contributed by atoms with van der Waals surface area (Å²) in [7, 11) is -0.318. The van der Waals surface area contributed by atoms with Gasteiger partial charge in [0.05, 0.1) is 13.2 Å². The van der Waals surface area contributed by atoms with Crippen LogP contribution in [0.3, 0.4) is 0 Å². The van der Waals surface area contributed by atoms with Crippen molar-refractivity contribution in [2.45, 2.75) is 31.5 Å². The molecule has 24 heavy (non-hydrogen) atoms. The molecule has 3 saturated heterocycles. The molecule has 3 aliphatic rings. The molecule has 0 aliphatic carbocycles. The second kappa shape index (κ2) is 6.87. The average molecular weight is 361 g/mol. The van der Waals surface area contributed by atoms with Gasteiger partial charge in [-0.15, -0.1) is 0 Å². The van der Waals surface area contributed by atoms with Crippen LogP contribution in [0.2, 0.25) is 0 Å². The largest absolute Gasteiger partial charge is 0.347 e. The van der Waals surface area contributed by atoms with Crippen LogP contribution in [-0.2, 0) is 24.5 Å². The minimum absolute atomic E-state index is 0.0851. The molecule has 3 fully saturated rings. The molecular formula is C15H27N3O5S. The summed E-state index contributed by atoms with van der Waals surface area (Å²) in [6.07, 6.45) is 2.60. The van der Waals surface area contributed by atoms with Crippen LogP contribution in [0.15, 0.2) is 0 Å². The normalized spacial score (nSPS) is 26.4. The van der Waals surface area contributed by atoms with Crippen molar-refractivity contribution in [3.8, 4) is 0 Å². The van der Waals surface area contributed by atoms with E-state index in [9.17, 15) is 13.2 Å². The van der Waals surface area contributed by atoms with Crippen molar-refractivity contribution in [2.75, 3.05) is 53.5 Å². The molecule has 0 aromatic rings. The molecule has 0 unspecified atom stereocenters. The zero-order valence-electron chi connectivity index (χ0n) is 14.4. The molecule has 3 aliphatic heterocycles. The number of nitrogens with zero attached hydrogens (tertiary/aromatic N) is 3. The quantitative estimate of drug-likeness (QED) is 0.700. The van der Waals surface area contributed by atoms with Crippen LogP contribution < -0.4 is 0 Å². The first-order chi connectivity index (χ1) is 11.3. The predicted molar refractivity (Wildman–Crippen MR) is 87.4 cm³/mol. The average Bonchev–Trinajstić information content (AvgIpc) is 3.03. The first kappa shape index (κ1) is 18.1. The Balaban J connectivity index is 1.51. The van der Waals surface area contributed by atoms with Crippen LogP contribution in [0.4, 0.5) is 0 Å². The molecule has 0 saturated carbocycles. The van der Waals surface area contributed by atoms with Crippen LogP contribution in [0.5, 0.6) is 0 Å². The summed E-state index contributed by atoms with van der Waals surface area (Å²) in [5.74, 6) is -0.414. The zero-order valence-corrected chi connectivity index (χ0v) is 15.3. The Bertz CT molecular complexity index is 556. The van der Waals surface area contributed by atoms with E-state index in [1.54, 1.807) is 0 Å². The number of piperidine rings is 2. The first-order valence-electron chi connectivity index (χ1n) is 8.58. The summed E-state index contributed by atoms with van der Waals surface area (Å²) in [5.41, 5.74) is 0. The van der Waals surface area contributed by atoms with Gasteiger partial charge >= 0.3 is 0 Å². The molecule has 1 spiro atoms. The number of ether oxygens (including phenoxy) is 2. The molecule has 138 valence electrons. The van der Waals surface area contributed by atoms with E-state index in [-0.39, 0.29) is 11.8 Å². The van der Waals surface area contributed by atoms with E-state index in [4.69, 9.17) is 9.47 Å². The molecule has 3 rings (SSSR count). The fraction of sp³-hybridized carbons (Fsp3) is 0.933. The number of amides is 1. The Morgan fingerprint density at radius 2 is 1.58 bits per heavy atom. The Kier molecular flexibility index (Phi) is 5.17. The Morgan fingerprint density at radius 3 is 2.08 bits per heavy atom. The van der Waals surface area contributed by atoms with Crippen molar-refractivity contribution in [2.24, 2.45) is 5.92 Å². The molecule has 0 atom stereocenters. The van der Waals surface area contributed by atoms with Gasteiger partial charge in [-0.2, -0.15) is 17.0 Å². The second-order valence-corrected chi connectivity index (χ2v) is 9.04. The van der Waals surface area contributed by atoms with Crippen molar-refractivity contribution in [3.63, 3.8) is 0 Å². The highest BCUT2D eigenvalue weighted by Crippen LogP contribution is 2.32. The van der Waals surface area contributed by atoms with Crippen LogP contribution in [0.25, 0.3) is 0 Å². The maximum atomic E-state index is 12.7. The maximum Gasteiger partial charge on any atom is 0.281 e. The van der Waals surface area contributed by atoms with Crippen LogP contribution in [0, 0.1) is 5.92 Å². The fourth-order valence-electron chi connectivity index (χ4n) is 3.68. The van der Waals surface area contributed by atoms with Gasteiger partial charge in [-0.05, 0) is 12.8 Å². The van der Waals surface area contributed by atoms with E-state index in [0.717, 1.165) is 0 Å². The number of likely N-dealkylation sites (tertiary alicyclic amines) is 1. The summed E-state index contributed by atoms with van der Waals surface area (Å²) in [6, 6.07) is 0. The molecule has 0 aromatic heterocycles. The summed E-state index contributed by atoms with van der Waals surface area (Å²) < 4.78 is 38.3. The SMILES string of the molecule is CN(C)S(=O)(=O)N1CCC(C(=O)N2CCC3(CC2)OCCO3)CC1.